The maximum Gasteiger partial charge on any atom is 2.00 e. The smallest absolute Gasteiger partial charge is 0.509 e. The van der Waals surface area contributed by atoms with Crippen molar-refractivity contribution >= 4 is 21.8 Å². The maximum absolute atomic E-state index is 6.41. The molecule has 236 valence electrons. The van der Waals surface area contributed by atoms with E-state index in [0.29, 0.717) is 17.2 Å². The summed E-state index contributed by atoms with van der Waals surface area (Å²) in [6, 6.07) is 49.5. The number of fused-ring (bicyclic) bond motifs is 3. The van der Waals surface area contributed by atoms with Crippen molar-refractivity contribution in [3.63, 3.8) is 0 Å². The van der Waals surface area contributed by atoms with Gasteiger partial charge in [0.05, 0.1) is 0 Å². The summed E-state index contributed by atoms with van der Waals surface area (Å²) >= 11 is 0. The van der Waals surface area contributed by atoms with Crippen molar-refractivity contribution in [2.24, 2.45) is 0 Å². The monoisotopic (exact) mass is 804 g/mol. The van der Waals surface area contributed by atoms with Crippen molar-refractivity contribution in [2.75, 3.05) is 0 Å². The first-order valence-corrected chi connectivity index (χ1v) is 15.6. The second-order valence-corrected chi connectivity index (χ2v) is 12.5. The molecule has 5 aromatic carbocycles. The van der Waals surface area contributed by atoms with Gasteiger partial charge in [0.25, 0.3) is 0 Å². The Morgan fingerprint density at radius 2 is 1.27 bits per heavy atom. The molecule has 3 heterocycles. The Hall–Kier alpha value is -5.32. The third-order valence-electron chi connectivity index (χ3n) is 8.29. The Morgan fingerprint density at radius 1 is 0.625 bits per heavy atom. The first kappa shape index (κ1) is 31.3. The van der Waals surface area contributed by atoms with Crippen molar-refractivity contribution in [2.45, 2.75) is 26.2 Å². The molecule has 0 aliphatic rings. The average molecular weight is 805 g/mol. The zero-order valence-corrected chi connectivity index (χ0v) is 28.9. The second kappa shape index (κ2) is 12.7. The fourth-order valence-corrected chi connectivity index (χ4v) is 5.90. The maximum atomic E-state index is 6.41. The van der Waals surface area contributed by atoms with E-state index < -0.39 is 0 Å². The van der Waals surface area contributed by atoms with Crippen LogP contribution in [0.1, 0.15) is 26.3 Å². The SMILES string of the molecule is CC(C)(C)c1ccnc(-n2c3[c-]c(Oc4[c-]c(-n5nc(-c6ccccc6)c(-c6ccccc6)n5)ccc4)ccc3c3ccccc32)c1.[Pt+2]. The largest absolute Gasteiger partial charge is 2.00 e. The van der Waals surface area contributed by atoms with E-state index in [9.17, 15) is 0 Å². The number of rotatable bonds is 6. The molecular formula is C41H31N5OPt. The van der Waals surface area contributed by atoms with Crippen LogP contribution < -0.4 is 4.74 Å². The summed E-state index contributed by atoms with van der Waals surface area (Å²) in [6.45, 7) is 6.64. The van der Waals surface area contributed by atoms with Crippen LogP contribution in [-0.2, 0) is 26.5 Å². The van der Waals surface area contributed by atoms with Gasteiger partial charge in [-0.3, -0.25) is 0 Å². The Morgan fingerprint density at radius 3 is 1.96 bits per heavy atom. The molecule has 3 aromatic heterocycles. The van der Waals surface area contributed by atoms with Crippen LogP contribution in [0.2, 0.25) is 0 Å². The second-order valence-electron chi connectivity index (χ2n) is 12.5. The molecule has 0 unspecified atom stereocenters. The summed E-state index contributed by atoms with van der Waals surface area (Å²) in [6.07, 6.45) is 1.88. The third-order valence-corrected chi connectivity index (χ3v) is 8.29. The quantitative estimate of drug-likeness (QED) is 0.157. The van der Waals surface area contributed by atoms with Crippen molar-refractivity contribution < 1.29 is 25.8 Å². The summed E-state index contributed by atoms with van der Waals surface area (Å²) in [5.41, 5.74) is 7.41. The van der Waals surface area contributed by atoms with Crippen LogP contribution in [0.3, 0.4) is 0 Å². The van der Waals surface area contributed by atoms with E-state index >= 15 is 0 Å². The molecule has 8 aromatic rings. The van der Waals surface area contributed by atoms with Gasteiger partial charge in [-0.25, -0.2) is 4.98 Å². The molecule has 0 N–H and O–H groups in total. The van der Waals surface area contributed by atoms with Crippen LogP contribution in [0.25, 0.3) is 55.8 Å². The van der Waals surface area contributed by atoms with E-state index in [1.165, 1.54) is 5.56 Å². The van der Waals surface area contributed by atoms with Gasteiger partial charge in [-0.15, -0.1) is 45.9 Å². The van der Waals surface area contributed by atoms with Gasteiger partial charge in [-0.2, -0.15) is 16.9 Å². The zero-order chi connectivity index (χ0) is 32.0. The predicted octanol–water partition coefficient (Wildman–Crippen LogP) is 9.78. The summed E-state index contributed by atoms with van der Waals surface area (Å²) < 4.78 is 8.57. The predicted molar refractivity (Wildman–Crippen MR) is 187 cm³/mol. The van der Waals surface area contributed by atoms with Crippen LogP contribution in [-0.4, -0.2) is 24.5 Å². The first-order chi connectivity index (χ1) is 22.9. The van der Waals surface area contributed by atoms with E-state index in [0.717, 1.165) is 50.1 Å². The molecule has 0 saturated heterocycles. The summed E-state index contributed by atoms with van der Waals surface area (Å²) in [5, 5.41) is 12.0. The molecule has 0 radical (unpaired) electrons. The van der Waals surface area contributed by atoms with Gasteiger partial charge < -0.3 is 9.30 Å². The van der Waals surface area contributed by atoms with Crippen molar-refractivity contribution in [1.29, 1.82) is 0 Å². The average Bonchev–Trinajstić information content (AvgIpc) is 3.69. The molecule has 0 aliphatic heterocycles. The van der Waals surface area contributed by atoms with Crippen LogP contribution >= 0.6 is 0 Å². The van der Waals surface area contributed by atoms with E-state index in [1.54, 1.807) is 4.80 Å². The Balaban J connectivity index is 0.00000364. The number of nitrogens with zero attached hydrogens (tertiary/aromatic N) is 5. The van der Waals surface area contributed by atoms with Gasteiger partial charge in [0.15, 0.2) is 0 Å². The number of aromatic nitrogens is 5. The van der Waals surface area contributed by atoms with E-state index in [4.69, 9.17) is 19.9 Å². The molecule has 7 heteroatoms. The first-order valence-electron chi connectivity index (χ1n) is 15.6. The molecule has 0 amide bonds. The van der Waals surface area contributed by atoms with E-state index in [-0.39, 0.29) is 26.5 Å². The minimum Gasteiger partial charge on any atom is -0.509 e. The summed E-state index contributed by atoms with van der Waals surface area (Å²) in [7, 11) is 0. The molecule has 0 fully saturated rings. The summed E-state index contributed by atoms with van der Waals surface area (Å²) in [5.74, 6) is 1.96. The molecule has 0 bridgehead atoms. The Labute approximate surface area is 293 Å². The number of ether oxygens (including phenoxy) is 1. The number of hydrogen-bond acceptors (Lipinski definition) is 4. The standard InChI is InChI=1S/C41H31N5O.Pt/c1-41(2,3)30-23-24-42-38(25-30)45-36-20-11-10-19-34(36)35-22-21-33(27-37(35)45)47-32-18-12-17-31(26-32)46-43-39(28-13-6-4-7-14-28)40(44-46)29-15-8-5-9-16-29;/h4-25H,1-3H3;/q-2;+2. The topological polar surface area (TPSA) is 57.8 Å². The number of para-hydroxylation sites is 1. The Kier molecular flexibility index (Phi) is 8.28. The van der Waals surface area contributed by atoms with Crippen LogP contribution in [0.5, 0.6) is 11.5 Å². The molecule has 48 heavy (non-hydrogen) atoms. The fraction of sp³-hybridized carbons (Fsp3) is 0.0976. The fourth-order valence-electron chi connectivity index (χ4n) is 5.90. The molecule has 0 atom stereocenters. The Bertz CT molecular complexity index is 2320. The summed E-state index contributed by atoms with van der Waals surface area (Å²) in [4.78, 5) is 6.41. The number of pyridine rings is 1. The molecule has 8 rings (SSSR count). The van der Waals surface area contributed by atoms with Crippen LogP contribution in [0, 0.1) is 12.1 Å². The van der Waals surface area contributed by atoms with Crippen molar-refractivity contribution in [1.82, 2.24) is 24.5 Å². The minimum atomic E-state index is -0.0115. The minimum absolute atomic E-state index is 0. The van der Waals surface area contributed by atoms with Crippen molar-refractivity contribution in [3.05, 3.63) is 151 Å². The van der Waals surface area contributed by atoms with Gasteiger partial charge in [-0.05, 0) is 40.3 Å². The van der Waals surface area contributed by atoms with E-state index in [2.05, 4.69) is 79.9 Å². The molecule has 0 saturated carbocycles. The van der Waals surface area contributed by atoms with Crippen molar-refractivity contribution in [3.8, 4) is 45.5 Å². The van der Waals surface area contributed by atoms with Gasteiger partial charge in [0, 0.05) is 34.3 Å². The van der Waals surface area contributed by atoms with E-state index in [1.807, 2.05) is 91.1 Å². The molecule has 6 nitrogen and oxygen atoms in total. The van der Waals surface area contributed by atoms with Gasteiger partial charge in [-0.1, -0.05) is 105 Å². The number of hydrogen-bond donors (Lipinski definition) is 0. The number of benzene rings is 5. The molecule has 0 aliphatic carbocycles. The molecular weight excluding hydrogens is 774 g/mol. The van der Waals surface area contributed by atoms with Crippen LogP contribution in [0.15, 0.2) is 134 Å². The van der Waals surface area contributed by atoms with Crippen LogP contribution in [0.4, 0.5) is 0 Å². The normalized spacial score (nSPS) is 11.5. The van der Waals surface area contributed by atoms with Gasteiger partial charge >= 0.3 is 21.1 Å². The van der Waals surface area contributed by atoms with Gasteiger partial charge in [0.1, 0.15) is 17.2 Å². The third kappa shape index (κ3) is 5.84. The molecule has 0 spiro atoms. The zero-order valence-electron chi connectivity index (χ0n) is 26.7. The van der Waals surface area contributed by atoms with Gasteiger partial charge in [0.2, 0.25) is 0 Å².